The smallest absolute Gasteiger partial charge is 0.323 e. The monoisotopic (exact) mass is 335 g/mol. The van der Waals surface area contributed by atoms with Crippen LogP contribution in [0.5, 0.6) is 5.75 Å². The molecule has 1 atom stereocenters. The zero-order valence-corrected chi connectivity index (χ0v) is 13.0. The van der Waals surface area contributed by atoms with Crippen molar-refractivity contribution in [2.75, 3.05) is 11.4 Å². The van der Waals surface area contributed by atoms with Crippen molar-refractivity contribution in [3.8, 4) is 5.75 Å². The van der Waals surface area contributed by atoms with E-state index in [1.54, 1.807) is 6.92 Å². The predicted molar refractivity (Wildman–Crippen MR) is 82.3 cm³/mol. The molecule has 0 saturated carbocycles. The van der Waals surface area contributed by atoms with Crippen LogP contribution >= 0.6 is 0 Å². The first kappa shape index (κ1) is 17.5. The summed E-state index contributed by atoms with van der Waals surface area (Å²) in [6.07, 6.45) is -0.875. The van der Waals surface area contributed by atoms with Gasteiger partial charge in [0.1, 0.15) is 12.3 Å². The summed E-state index contributed by atoms with van der Waals surface area (Å²) in [6, 6.07) is 4.34. The average molecular weight is 335 g/mol. The summed E-state index contributed by atoms with van der Waals surface area (Å²) < 4.78 is 5.55. The van der Waals surface area contributed by atoms with Gasteiger partial charge in [0.2, 0.25) is 0 Å². The van der Waals surface area contributed by atoms with Crippen molar-refractivity contribution >= 4 is 29.3 Å². The minimum atomic E-state index is -1.19. The number of rotatable bonds is 7. The number of anilines is 1. The van der Waals surface area contributed by atoms with E-state index in [0.717, 1.165) is 4.90 Å². The van der Waals surface area contributed by atoms with Crippen LogP contribution in [0.4, 0.5) is 5.69 Å². The first-order valence-corrected chi connectivity index (χ1v) is 7.42. The van der Waals surface area contributed by atoms with Gasteiger partial charge in [0.15, 0.2) is 11.9 Å². The van der Waals surface area contributed by atoms with Crippen molar-refractivity contribution in [1.29, 1.82) is 0 Å². The minimum Gasteiger partial charge on any atom is -0.481 e. The molecule has 1 aliphatic heterocycles. The van der Waals surface area contributed by atoms with Crippen LogP contribution in [-0.2, 0) is 14.4 Å². The average Bonchev–Trinajstić information content (AvgIpc) is 2.54. The number of carbonyl (C=O) groups is 4. The van der Waals surface area contributed by atoms with Crippen LogP contribution < -0.4 is 9.64 Å². The van der Waals surface area contributed by atoms with E-state index in [1.807, 2.05) is 0 Å². The van der Waals surface area contributed by atoms with E-state index >= 15 is 0 Å². The van der Waals surface area contributed by atoms with Crippen molar-refractivity contribution < 1.29 is 34.1 Å². The molecule has 0 fully saturated rings. The molecule has 0 saturated heterocycles. The Labute approximate surface area is 137 Å². The number of carboxylic acid groups (broad SMARTS) is 2. The van der Waals surface area contributed by atoms with E-state index < -0.39 is 36.3 Å². The van der Waals surface area contributed by atoms with Crippen molar-refractivity contribution in [1.82, 2.24) is 0 Å². The lowest BCUT2D eigenvalue weighted by molar-refractivity contribution is -0.138. The highest BCUT2D eigenvalue weighted by Gasteiger charge is 2.34. The van der Waals surface area contributed by atoms with Gasteiger partial charge in [-0.1, -0.05) is 6.92 Å². The normalized spacial score (nSPS) is 16.3. The molecule has 0 bridgehead atoms. The highest BCUT2D eigenvalue weighted by molar-refractivity contribution is 6.05. The zero-order chi connectivity index (χ0) is 17.9. The van der Waals surface area contributed by atoms with Gasteiger partial charge in [-0.05, 0) is 24.6 Å². The van der Waals surface area contributed by atoms with E-state index in [2.05, 4.69) is 0 Å². The maximum absolute atomic E-state index is 12.3. The molecule has 2 rings (SSSR count). The Balaban J connectivity index is 2.35. The lowest BCUT2D eigenvalue weighted by Crippen LogP contribution is -2.47. The number of carbonyl (C=O) groups excluding carboxylic acids is 2. The fraction of sp³-hybridized carbons (Fsp3) is 0.375. The number of Topliss-reactive ketones (excluding diaryl/α,β-unsaturated/α-hetero) is 1. The number of aliphatic carboxylic acids is 2. The van der Waals surface area contributed by atoms with Crippen LogP contribution in [0, 0.1) is 0 Å². The number of nitrogens with zero attached hydrogens (tertiary/aromatic N) is 1. The molecule has 1 heterocycles. The second-order valence-corrected chi connectivity index (χ2v) is 5.33. The standard InChI is InChI=1S/C16H17NO7/c1-2-12-16(23)17(8-15(21)22)10-7-9(3-5-13(10)24-12)11(18)4-6-14(19)20/h3,5,7,12H,2,4,6,8H2,1H3,(H,19,20)(H,21,22). The van der Waals surface area contributed by atoms with Gasteiger partial charge < -0.3 is 14.9 Å². The van der Waals surface area contributed by atoms with Crippen molar-refractivity contribution in [2.45, 2.75) is 32.3 Å². The summed E-state index contributed by atoms with van der Waals surface area (Å²) in [5.41, 5.74) is 0.407. The van der Waals surface area contributed by atoms with Crippen LogP contribution in [0.25, 0.3) is 0 Å². The number of hydrogen-bond acceptors (Lipinski definition) is 5. The Hall–Kier alpha value is -2.90. The molecule has 1 aromatic carbocycles. The van der Waals surface area contributed by atoms with Crippen LogP contribution in [0.3, 0.4) is 0 Å². The van der Waals surface area contributed by atoms with E-state index in [4.69, 9.17) is 14.9 Å². The molecule has 1 aliphatic rings. The Morgan fingerprint density at radius 3 is 2.46 bits per heavy atom. The maximum atomic E-state index is 12.3. The molecule has 8 nitrogen and oxygen atoms in total. The van der Waals surface area contributed by atoms with Gasteiger partial charge in [-0.15, -0.1) is 0 Å². The van der Waals surface area contributed by atoms with Crippen LogP contribution in [0.15, 0.2) is 18.2 Å². The fourth-order valence-corrected chi connectivity index (χ4v) is 2.42. The van der Waals surface area contributed by atoms with Gasteiger partial charge in [-0.25, -0.2) is 0 Å². The van der Waals surface area contributed by atoms with Gasteiger partial charge in [0.25, 0.3) is 5.91 Å². The minimum absolute atomic E-state index is 0.181. The molecule has 1 amide bonds. The second-order valence-electron chi connectivity index (χ2n) is 5.33. The molecular weight excluding hydrogens is 318 g/mol. The highest BCUT2D eigenvalue weighted by atomic mass is 16.5. The van der Waals surface area contributed by atoms with Crippen LogP contribution in [0.2, 0.25) is 0 Å². The lowest BCUT2D eigenvalue weighted by Gasteiger charge is -2.33. The lowest BCUT2D eigenvalue weighted by atomic mass is 10.0. The van der Waals surface area contributed by atoms with E-state index in [1.165, 1.54) is 18.2 Å². The second kappa shape index (κ2) is 7.12. The fourth-order valence-electron chi connectivity index (χ4n) is 2.42. The van der Waals surface area contributed by atoms with Crippen molar-refractivity contribution in [3.05, 3.63) is 23.8 Å². The number of benzene rings is 1. The SMILES string of the molecule is CCC1Oc2ccc(C(=O)CCC(=O)O)cc2N(CC(=O)O)C1=O. The number of carboxylic acids is 2. The number of ketones is 1. The summed E-state index contributed by atoms with van der Waals surface area (Å²) >= 11 is 0. The van der Waals surface area contributed by atoms with Gasteiger partial charge in [-0.3, -0.25) is 24.1 Å². The summed E-state index contributed by atoms with van der Waals surface area (Å²) in [7, 11) is 0. The summed E-state index contributed by atoms with van der Waals surface area (Å²) in [6.45, 7) is 1.20. The Bertz CT molecular complexity index is 698. The van der Waals surface area contributed by atoms with E-state index in [0.29, 0.717) is 12.2 Å². The van der Waals surface area contributed by atoms with Crippen LogP contribution in [0.1, 0.15) is 36.5 Å². The summed E-state index contributed by atoms with van der Waals surface area (Å²) in [4.78, 5) is 47.1. The molecule has 0 radical (unpaired) electrons. The maximum Gasteiger partial charge on any atom is 0.323 e. The van der Waals surface area contributed by atoms with E-state index in [9.17, 15) is 19.2 Å². The topological polar surface area (TPSA) is 121 Å². The number of fused-ring (bicyclic) bond motifs is 1. The first-order chi connectivity index (χ1) is 11.3. The van der Waals surface area contributed by atoms with Crippen molar-refractivity contribution in [2.24, 2.45) is 0 Å². The first-order valence-electron chi connectivity index (χ1n) is 7.42. The molecule has 24 heavy (non-hydrogen) atoms. The molecule has 1 aromatic rings. The molecule has 0 spiro atoms. The Morgan fingerprint density at radius 2 is 1.88 bits per heavy atom. The third kappa shape index (κ3) is 3.70. The molecule has 128 valence electrons. The van der Waals surface area contributed by atoms with Gasteiger partial charge in [0, 0.05) is 12.0 Å². The molecular formula is C16H17NO7. The number of amides is 1. The van der Waals surface area contributed by atoms with Gasteiger partial charge >= 0.3 is 11.9 Å². The van der Waals surface area contributed by atoms with Gasteiger partial charge in [-0.2, -0.15) is 0 Å². The quantitative estimate of drug-likeness (QED) is 0.721. The zero-order valence-electron chi connectivity index (χ0n) is 13.0. The van der Waals surface area contributed by atoms with E-state index in [-0.39, 0.29) is 24.1 Å². The largest absolute Gasteiger partial charge is 0.481 e. The molecule has 2 N–H and O–H groups in total. The molecule has 0 aliphatic carbocycles. The number of ether oxygens (including phenoxy) is 1. The third-order valence-corrected chi connectivity index (χ3v) is 3.61. The van der Waals surface area contributed by atoms with Crippen LogP contribution in [-0.4, -0.2) is 46.5 Å². The Kier molecular flexibility index (Phi) is 5.18. The highest BCUT2D eigenvalue weighted by Crippen LogP contribution is 2.35. The predicted octanol–water partition coefficient (Wildman–Crippen LogP) is 1.32. The molecule has 8 heteroatoms. The summed E-state index contributed by atoms with van der Waals surface area (Å²) in [5, 5.41) is 17.7. The summed E-state index contributed by atoms with van der Waals surface area (Å²) in [5.74, 6) is -2.84. The Morgan fingerprint density at radius 1 is 1.17 bits per heavy atom. The van der Waals surface area contributed by atoms with Crippen molar-refractivity contribution in [3.63, 3.8) is 0 Å². The number of hydrogen-bond donors (Lipinski definition) is 2. The third-order valence-electron chi connectivity index (χ3n) is 3.61. The van der Waals surface area contributed by atoms with Gasteiger partial charge in [0.05, 0.1) is 12.1 Å². The molecule has 1 unspecified atom stereocenters. The molecule has 0 aromatic heterocycles.